The number of carbonyl (C=O) groups is 1. The molecule has 1 unspecified atom stereocenters. The molecule has 11 heteroatoms. The Balaban J connectivity index is 1.93. The number of ether oxygens (including phenoxy) is 2. The molecular weight excluding hydrogens is 478 g/mol. The molecule has 3 aromatic rings. The summed E-state index contributed by atoms with van der Waals surface area (Å²) in [4.78, 5) is 31.5. The first-order valence-electron chi connectivity index (χ1n) is 10.9. The number of rotatable bonds is 6. The van der Waals surface area contributed by atoms with E-state index in [4.69, 9.17) is 4.74 Å². The number of fused-ring (bicyclic) bond motifs is 1. The Hall–Kier alpha value is -3.60. The van der Waals surface area contributed by atoms with E-state index in [2.05, 4.69) is 14.8 Å². The number of nitrogens with zero attached hydrogens (tertiary/aromatic N) is 4. The summed E-state index contributed by atoms with van der Waals surface area (Å²) >= 11 is 1.21. The molecule has 1 aromatic carbocycles. The van der Waals surface area contributed by atoms with Crippen LogP contribution in [-0.2, 0) is 16.6 Å². The highest BCUT2D eigenvalue weighted by atomic mass is 32.1. The summed E-state index contributed by atoms with van der Waals surface area (Å²) in [6.45, 7) is 4.33. The Labute approximate surface area is 203 Å². The molecule has 3 heterocycles. The molecule has 1 aliphatic rings. The van der Waals surface area contributed by atoms with Gasteiger partial charge in [0.05, 0.1) is 34.1 Å². The van der Waals surface area contributed by atoms with E-state index >= 15 is 0 Å². The second-order valence-corrected chi connectivity index (χ2v) is 8.97. The van der Waals surface area contributed by atoms with E-state index in [9.17, 15) is 18.4 Å². The summed E-state index contributed by atoms with van der Waals surface area (Å²) in [7, 11) is 1.83. The Morgan fingerprint density at radius 1 is 1.23 bits per heavy atom. The quantitative estimate of drug-likeness (QED) is 0.484. The number of carbonyl (C=O) groups excluding carboxylic acids is 1. The number of allylic oxidation sites excluding steroid dienone is 1. The zero-order chi connectivity index (χ0) is 25.4. The number of hydrogen-bond acceptors (Lipinski definition) is 7. The first kappa shape index (κ1) is 24.5. The van der Waals surface area contributed by atoms with Gasteiger partial charge in [-0.25, -0.2) is 9.79 Å². The molecule has 0 saturated carbocycles. The van der Waals surface area contributed by atoms with Gasteiger partial charge in [0.15, 0.2) is 4.80 Å². The minimum atomic E-state index is -2.96. The van der Waals surface area contributed by atoms with Crippen LogP contribution in [0.4, 0.5) is 8.78 Å². The zero-order valence-corrected chi connectivity index (χ0v) is 20.7. The monoisotopic (exact) mass is 502 g/mol. The molecule has 0 saturated heterocycles. The molecule has 0 bridgehead atoms. The second-order valence-electron chi connectivity index (χ2n) is 7.96. The van der Waals surface area contributed by atoms with Gasteiger partial charge in [0.2, 0.25) is 0 Å². The first-order chi connectivity index (χ1) is 16.6. The number of esters is 1. The number of halogens is 2. The van der Waals surface area contributed by atoms with Crippen molar-refractivity contribution < 1.29 is 23.0 Å². The lowest BCUT2D eigenvalue weighted by Gasteiger charge is -2.24. The van der Waals surface area contributed by atoms with Crippen LogP contribution in [-0.4, -0.2) is 33.5 Å². The molecule has 0 N–H and O–H groups in total. The fourth-order valence-corrected chi connectivity index (χ4v) is 5.10. The zero-order valence-electron chi connectivity index (χ0n) is 19.8. The van der Waals surface area contributed by atoms with Gasteiger partial charge in [-0.1, -0.05) is 23.5 Å². The molecule has 35 heavy (non-hydrogen) atoms. The van der Waals surface area contributed by atoms with Crippen LogP contribution in [0, 0.1) is 13.8 Å². The molecule has 1 aliphatic heterocycles. The van der Waals surface area contributed by atoms with E-state index in [1.165, 1.54) is 28.0 Å². The standard InChI is InChI=1S/C24H24F2N4O4S/c1-6-33-22(32)19-13(3)27-24-30(20(19)15-7-9-16(10-8-15)34-23(25)26)21(31)18(35-24)11-17-12(2)28-29(5)14(17)4/h7-11,20,23H,6H2,1-5H3. The van der Waals surface area contributed by atoms with E-state index in [0.29, 0.717) is 20.6 Å². The smallest absolute Gasteiger partial charge is 0.387 e. The van der Waals surface area contributed by atoms with Crippen molar-refractivity contribution in [1.82, 2.24) is 14.3 Å². The molecule has 0 radical (unpaired) electrons. The lowest BCUT2D eigenvalue weighted by Crippen LogP contribution is -2.39. The average Bonchev–Trinajstić information content (AvgIpc) is 3.23. The van der Waals surface area contributed by atoms with Crippen LogP contribution in [0.2, 0.25) is 0 Å². The van der Waals surface area contributed by atoms with Gasteiger partial charge in [0.25, 0.3) is 5.56 Å². The van der Waals surface area contributed by atoms with Crippen molar-refractivity contribution in [2.75, 3.05) is 6.61 Å². The highest BCUT2D eigenvalue weighted by molar-refractivity contribution is 7.07. The largest absolute Gasteiger partial charge is 0.463 e. The van der Waals surface area contributed by atoms with Gasteiger partial charge in [0, 0.05) is 18.3 Å². The Morgan fingerprint density at radius 2 is 1.91 bits per heavy atom. The van der Waals surface area contributed by atoms with E-state index in [1.807, 2.05) is 20.9 Å². The number of aromatic nitrogens is 3. The summed E-state index contributed by atoms with van der Waals surface area (Å²) < 4.78 is 38.6. The van der Waals surface area contributed by atoms with Crippen LogP contribution in [0.1, 0.15) is 42.4 Å². The average molecular weight is 503 g/mol. The first-order valence-corrected chi connectivity index (χ1v) is 11.7. The molecule has 2 aromatic heterocycles. The van der Waals surface area contributed by atoms with Crippen molar-refractivity contribution in [3.8, 4) is 5.75 Å². The fraction of sp³-hybridized carbons (Fsp3) is 0.333. The van der Waals surface area contributed by atoms with E-state index in [1.54, 1.807) is 36.7 Å². The second kappa shape index (κ2) is 9.57. The minimum Gasteiger partial charge on any atom is -0.463 e. The molecule has 8 nitrogen and oxygen atoms in total. The molecular formula is C24H24F2N4O4S. The van der Waals surface area contributed by atoms with Crippen molar-refractivity contribution >= 4 is 23.4 Å². The lowest BCUT2D eigenvalue weighted by atomic mass is 9.96. The van der Waals surface area contributed by atoms with Gasteiger partial charge in [-0.15, -0.1) is 0 Å². The lowest BCUT2D eigenvalue weighted by molar-refractivity contribution is -0.139. The maximum atomic E-state index is 13.6. The fourth-order valence-electron chi connectivity index (χ4n) is 4.07. The molecule has 0 amide bonds. The molecule has 1 atom stereocenters. The highest BCUT2D eigenvalue weighted by Crippen LogP contribution is 2.31. The number of alkyl halides is 2. The van der Waals surface area contributed by atoms with Gasteiger partial charge in [-0.05, 0) is 51.5 Å². The molecule has 4 rings (SSSR count). The normalized spacial score (nSPS) is 15.9. The maximum absolute atomic E-state index is 13.6. The van der Waals surface area contributed by atoms with Crippen LogP contribution >= 0.6 is 11.3 Å². The highest BCUT2D eigenvalue weighted by Gasteiger charge is 2.33. The molecule has 0 aliphatic carbocycles. The summed E-state index contributed by atoms with van der Waals surface area (Å²) in [5.41, 5.74) is 3.36. The Kier molecular flexibility index (Phi) is 6.70. The van der Waals surface area contributed by atoms with Gasteiger partial charge >= 0.3 is 12.6 Å². The number of benzene rings is 1. The van der Waals surface area contributed by atoms with Crippen molar-refractivity contribution in [2.45, 2.75) is 40.3 Å². The molecule has 0 fully saturated rings. The third kappa shape index (κ3) is 4.55. The van der Waals surface area contributed by atoms with Crippen LogP contribution < -0.4 is 19.6 Å². The summed E-state index contributed by atoms with van der Waals surface area (Å²) in [5, 5.41) is 4.40. The van der Waals surface area contributed by atoms with Crippen LogP contribution in [0.15, 0.2) is 45.3 Å². The predicted octanol–water partition coefficient (Wildman–Crippen LogP) is 2.75. The molecule has 0 spiro atoms. The van der Waals surface area contributed by atoms with Crippen molar-refractivity contribution in [3.05, 3.63) is 77.7 Å². The summed E-state index contributed by atoms with van der Waals surface area (Å²) in [6.07, 6.45) is 1.78. The van der Waals surface area contributed by atoms with E-state index in [0.717, 1.165) is 17.0 Å². The van der Waals surface area contributed by atoms with E-state index in [-0.39, 0.29) is 23.5 Å². The summed E-state index contributed by atoms with van der Waals surface area (Å²) in [5.74, 6) is -0.628. The van der Waals surface area contributed by atoms with Crippen molar-refractivity contribution in [2.24, 2.45) is 12.0 Å². The van der Waals surface area contributed by atoms with Crippen molar-refractivity contribution in [1.29, 1.82) is 0 Å². The number of hydrogen-bond donors (Lipinski definition) is 0. The number of thiazole rings is 1. The maximum Gasteiger partial charge on any atom is 0.387 e. The minimum absolute atomic E-state index is 0.0305. The van der Waals surface area contributed by atoms with Gasteiger partial charge in [0.1, 0.15) is 5.75 Å². The van der Waals surface area contributed by atoms with Gasteiger partial charge in [-0.3, -0.25) is 14.0 Å². The predicted molar refractivity (Wildman–Crippen MR) is 126 cm³/mol. The third-order valence-corrected chi connectivity index (χ3v) is 6.76. The van der Waals surface area contributed by atoms with Crippen molar-refractivity contribution in [3.63, 3.8) is 0 Å². The molecule has 184 valence electrons. The Morgan fingerprint density at radius 3 is 2.49 bits per heavy atom. The van der Waals surface area contributed by atoms with Crippen LogP contribution in [0.25, 0.3) is 6.08 Å². The van der Waals surface area contributed by atoms with E-state index < -0.39 is 18.6 Å². The number of aryl methyl sites for hydroxylation is 2. The van der Waals surface area contributed by atoms with Gasteiger partial charge < -0.3 is 9.47 Å². The SMILES string of the molecule is CCOC(=O)C1=C(C)N=c2sc(=Cc3c(C)nn(C)c3C)c(=O)n2C1c1ccc(OC(F)F)cc1. The van der Waals surface area contributed by atoms with Crippen LogP contribution in [0.5, 0.6) is 5.75 Å². The Bertz CT molecular complexity index is 1500. The topological polar surface area (TPSA) is 87.7 Å². The third-order valence-electron chi connectivity index (χ3n) is 5.78. The van der Waals surface area contributed by atoms with Crippen LogP contribution in [0.3, 0.4) is 0 Å². The summed E-state index contributed by atoms with van der Waals surface area (Å²) in [6, 6.07) is 5.00. The van der Waals surface area contributed by atoms with Gasteiger partial charge in [-0.2, -0.15) is 13.9 Å².